The Morgan fingerprint density at radius 2 is 1.92 bits per heavy atom. The van der Waals surface area contributed by atoms with E-state index in [2.05, 4.69) is 13.8 Å². The van der Waals surface area contributed by atoms with Gasteiger partial charge in [-0.05, 0) is 31.1 Å². The van der Waals surface area contributed by atoms with Gasteiger partial charge in [-0.3, -0.25) is 5.84 Å². The zero-order valence-electron chi connectivity index (χ0n) is 8.64. The summed E-state index contributed by atoms with van der Waals surface area (Å²) in [5.41, 5.74) is 0.546. The van der Waals surface area contributed by atoms with Crippen LogP contribution in [-0.4, -0.2) is 18.1 Å². The zero-order chi connectivity index (χ0) is 9.19. The van der Waals surface area contributed by atoms with Crippen molar-refractivity contribution in [3.63, 3.8) is 0 Å². The molecule has 0 spiro atoms. The van der Waals surface area contributed by atoms with E-state index in [1.54, 1.807) is 0 Å². The molecular weight excluding hydrogens is 148 g/mol. The molecule has 0 aliphatic heterocycles. The smallest absolute Gasteiger partial charge is 0.0238 e. The quantitative estimate of drug-likeness (QED) is 0.371. The number of hydrazine groups is 1. The van der Waals surface area contributed by atoms with E-state index >= 15 is 0 Å². The number of nitrogens with two attached hydrogens (primary N) is 1. The normalized spacial score (nSPS) is 30.2. The molecule has 0 bridgehead atoms. The zero-order valence-corrected chi connectivity index (χ0v) is 8.64. The summed E-state index contributed by atoms with van der Waals surface area (Å²) in [7, 11) is 1.99. The van der Waals surface area contributed by atoms with Crippen LogP contribution in [0, 0.1) is 5.41 Å². The van der Waals surface area contributed by atoms with Crippen LogP contribution in [0.2, 0.25) is 0 Å². The van der Waals surface area contributed by atoms with Crippen molar-refractivity contribution in [3.05, 3.63) is 0 Å². The standard InChI is InChI=1S/C10H22N2/c1-10(2)7-4-5-9(6-8-10)12(3)11/h9H,4-8,11H2,1-3H3. The van der Waals surface area contributed by atoms with Crippen molar-refractivity contribution in [2.75, 3.05) is 7.05 Å². The molecule has 12 heavy (non-hydrogen) atoms. The van der Waals surface area contributed by atoms with E-state index in [0.29, 0.717) is 11.5 Å². The molecule has 2 nitrogen and oxygen atoms in total. The van der Waals surface area contributed by atoms with E-state index in [1.807, 2.05) is 12.1 Å². The van der Waals surface area contributed by atoms with Crippen LogP contribution in [0.4, 0.5) is 0 Å². The second-order valence-electron chi connectivity index (χ2n) is 4.91. The lowest BCUT2D eigenvalue weighted by Crippen LogP contribution is -2.37. The summed E-state index contributed by atoms with van der Waals surface area (Å²) in [6.07, 6.45) is 6.55. The Morgan fingerprint density at radius 3 is 2.50 bits per heavy atom. The summed E-state index contributed by atoms with van der Waals surface area (Å²) in [5, 5.41) is 1.89. The fourth-order valence-corrected chi connectivity index (χ4v) is 2.05. The lowest BCUT2D eigenvalue weighted by molar-refractivity contribution is 0.218. The van der Waals surface area contributed by atoms with Gasteiger partial charge >= 0.3 is 0 Å². The fraction of sp³-hybridized carbons (Fsp3) is 1.00. The van der Waals surface area contributed by atoms with E-state index in [9.17, 15) is 0 Å². The Balaban J connectivity index is 2.45. The van der Waals surface area contributed by atoms with Gasteiger partial charge in [0.15, 0.2) is 0 Å². The lowest BCUT2D eigenvalue weighted by Gasteiger charge is -2.24. The second-order valence-corrected chi connectivity index (χ2v) is 4.91. The average molecular weight is 170 g/mol. The van der Waals surface area contributed by atoms with Gasteiger partial charge in [-0.25, -0.2) is 5.01 Å². The van der Waals surface area contributed by atoms with Gasteiger partial charge in [0.25, 0.3) is 0 Å². The van der Waals surface area contributed by atoms with Crippen LogP contribution in [0.1, 0.15) is 46.0 Å². The molecule has 0 radical (unpaired) electrons. The Bertz CT molecular complexity index is 141. The Labute approximate surface area is 76.1 Å². The molecule has 0 amide bonds. The highest BCUT2D eigenvalue weighted by atomic mass is 15.4. The Hall–Kier alpha value is -0.0800. The van der Waals surface area contributed by atoms with Crippen molar-refractivity contribution in [2.45, 2.75) is 52.0 Å². The van der Waals surface area contributed by atoms with E-state index < -0.39 is 0 Å². The van der Waals surface area contributed by atoms with Gasteiger partial charge in [0.05, 0.1) is 0 Å². The van der Waals surface area contributed by atoms with Gasteiger partial charge in [-0.1, -0.05) is 20.3 Å². The number of hydrogen-bond acceptors (Lipinski definition) is 2. The topological polar surface area (TPSA) is 29.3 Å². The maximum atomic E-state index is 5.76. The van der Waals surface area contributed by atoms with Crippen molar-refractivity contribution < 1.29 is 0 Å². The molecule has 1 unspecified atom stereocenters. The first-order valence-corrected chi connectivity index (χ1v) is 4.99. The molecule has 2 N–H and O–H groups in total. The summed E-state index contributed by atoms with van der Waals surface area (Å²) in [6, 6.07) is 0.617. The second kappa shape index (κ2) is 3.75. The summed E-state index contributed by atoms with van der Waals surface area (Å²) in [5.74, 6) is 5.76. The average Bonchev–Trinajstić information content (AvgIpc) is 2.10. The van der Waals surface area contributed by atoms with Crippen molar-refractivity contribution in [1.82, 2.24) is 5.01 Å². The first-order valence-electron chi connectivity index (χ1n) is 4.99. The molecule has 72 valence electrons. The van der Waals surface area contributed by atoms with Gasteiger partial charge in [0.2, 0.25) is 0 Å². The predicted octanol–water partition coefficient (Wildman–Crippen LogP) is 2.15. The third-order valence-corrected chi connectivity index (χ3v) is 3.12. The minimum atomic E-state index is 0.546. The molecule has 0 aromatic rings. The van der Waals surface area contributed by atoms with Gasteiger partial charge < -0.3 is 0 Å². The highest BCUT2D eigenvalue weighted by molar-refractivity contribution is 4.78. The van der Waals surface area contributed by atoms with Crippen molar-refractivity contribution in [1.29, 1.82) is 0 Å². The van der Waals surface area contributed by atoms with Gasteiger partial charge in [-0.2, -0.15) is 0 Å². The van der Waals surface area contributed by atoms with E-state index in [0.717, 1.165) is 0 Å². The van der Waals surface area contributed by atoms with Gasteiger partial charge in [-0.15, -0.1) is 0 Å². The van der Waals surface area contributed by atoms with Crippen molar-refractivity contribution in [3.8, 4) is 0 Å². The highest BCUT2D eigenvalue weighted by Gasteiger charge is 2.25. The van der Waals surface area contributed by atoms with E-state index in [4.69, 9.17) is 5.84 Å². The molecule has 0 aromatic heterocycles. The Morgan fingerprint density at radius 1 is 1.25 bits per heavy atom. The third kappa shape index (κ3) is 2.76. The minimum absolute atomic E-state index is 0.546. The van der Waals surface area contributed by atoms with Crippen LogP contribution in [0.5, 0.6) is 0 Å². The van der Waals surface area contributed by atoms with Crippen LogP contribution in [-0.2, 0) is 0 Å². The van der Waals surface area contributed by atoms with Gasteiger partial charge in [0.1, 0.15) is 0 Å². The maximum absolute atomic E-state index is 5.76. The lowest BCUT2D eigenvalue weighted by atomic mass is 9.85. The van der Waals surface area contributed by atoms with Crippen molar-refractivity contribution >= 4 is 0 Å². The fourth-order valence-electron chi connectivity index (χ4n) is 2.05. The first-order chi connectivity index (χ1) is 5.51. The molecule has 0 saturated heterocycles. The SMILES string of the molecule is CN(N)C1CCCC(C)(C)CC1. The molecular formula is C10H22N2. The third-order valence-electron chi connectivity index (χ3n) is 3.12. The van der Waals surface area contributed by atoms with E-state index in [-0.39, 0.29) is 0 Å². The van der Waals surface area contributed by atoms with Gasteiger partial charge in [0, 0.05) is 13.1 Å². The molecule has 1 saturated carbocycles. The molecule has 0 aromatic carbocycles. The highest BCUT2D eigenvalue weighted by Crippen LogP contribution is 2.34. The summed E-state index contributed by atoms with van der Waals surface area (Å²) < 4.78 is 0. The van der Waals surface area contributed by atoms with Crippen LogP contribution in [0.15, 0.2) is 0 Å². The molecule has 1 aliphatic rings. The molecule has 2 heteroatoms. The Kier molecular flexibility index (Phi) is 3.13. The largest absolute Gasteiger partial charge is 0.269 e. The van der Waals surface area contributed by atoms with Crippen LogP contribution in [0.25, 0.3) is 0 Å². The first kappa shape index (κ1) is 10.0. The number of hydrogen-bond donors (Lipinski definition) is 1. The van der Waals surface area contributed by atoms with Crippen LogP contribution in [0.3, 0.4) is 0 Å². The maximum Gasteiger partial charge on any atom is 0.0238 e. The van der Waals surface area contributed by atoms with E-state index in [1.165, 1.54) is 32.1 Å². The monoisotopic (exact) mass is 170 g/mol. The summed E-state index contributed by atoms with van der Waals surface area (Å²) in [6.45, 7) is 4.73. The number of nitrogens with zero attached hydrogens (tertiary/aromatic N) is 1. The molecule has 1 atom stereocenters. The summed E-state index contributed by atoms with van der Waals surface area (Å²) >= 11 is 0. The molecule has 1 rings (SSSR count). The number of rotatable bonds is 1. The van der Waals surface area contributed by atoms with Crippen LogP contribution >= 0.6 is 0 Å². The van der Waals surface area contributed by atoms with Crippen molar-refractivity contribution in [2.24, 2.45) is 11.3 Å². The predicted molar refractivity (Wildman–Crippen MR) is 52.6 cm³/mol. The molecule has 1 aliphatic carbocycles. The van der Waals surface area contributed by atoms with Crippen LogP contribution < -0.4 is 5.84 Å². The molecule has 1 fully saturated rings. The summed E-state index contributed by atoms with van der Waals surface area (Å²) in [4.78, 5) is 0. The molecule has 0 heterocycles. The minimum Gasteiger partial charge on any atom is -0.269 e.